The average molecular weight is 461 g/mol. The maximum atomic E-state index is 12.3. The van der Waals surface area contributed by atoms with Gasteiger partial charge in [0.15, 0.2) is 5.11 Å². The zero-order chi connectivity index (χ0) is 18.4. The Morgan fingerprint density at radius 2 is 1.80 bits per heavy atom. The highest BCUT2D eigenvalue weighted by atomic mass is 79.9. The summed E-state index contributed by atoms with van der Waals surface area (Å²) in [5.41, 5.74) is 2.37. The van der Waals surface area contributed by atoms with E-state index in [4.69, 9.17) is 35.4 Å². The molecule has 1 atom stereocenters. The molecule has 0 spiro atoms. The van der Waals surface area contributed by atoms with Crippen molar-refractivity contribution in [2.75, 3.05) is 5.32 Å². The van der Waals surface area contributed by atoms with Gasteiger partial charge < -0.3 is 16.0 Å². The first-order valence-corrected chi connectivity index (χ1v) is 9.41. The number of halogens is 3. The molecule has 1 unspecified atom stereocenters. The Kier molecular flexibility index (Phi) is 7.50. The van der Waals surface area contributed by atoms with Gasteiger partial charge in [0, 0.05) is 15.7 Å². The highest BCUT2D eigenvalue weighted by Crippen LogP contribution is 2.16. The van der Waals surface area contributed by atoms with E-state index in [0.717, 1.165) is 15.7 Å². The van der Waals surface area contributed by atoms with Crippen molar-refractivity contribution >= 4 is 68.1 Å². The zero-order valence-electron chi connectivity index (χ0n) is 13.2. The Labute approximate surface area is 170 Å². The van der Waals surface area contributed by atoms with E-state index in [1.54, 1.807) is 12.1 Å². The number of rotatable bonds is 5. The van der Waals surface area contributed by atoms with Gasteiger partial charge in [0.2, 0.25) is 0 Å². The Bertz CT molecular complexity index is 756. The molecule has 0 aliphatic carbocycles. The number of hydrogen-bond donors (Lipinski definition) is 3. The molecule has 0 saturated carbocycles. The molecule has 0 aliphatic rings. The lowest BCUT2D eigenvalue weighted by Crippen LogP contribution is -2.52. The van der Waals surface area contributed by atoms with Crippen LogP contribution in [0.1, 0.15) is 15.9 Å². The van der Waals surface area contributed by atoms with Gasteiger partial charge in [-0.25, -0.2) is 0 Å². The largest absolute Gasteiger partial charge is 0.340 e. The highest BCUT2D eigenvalue weighted by Gasteiger charge is 2.21. The fraction of sp³-hybridized carbons (Fsp3) is 0.176. The minimum absolute atomic E-state index is 0.290. The van der Waals surface area contributed by atoms with Crippen molar-refractivity contribution in [2.24, 2.45) is 0 Å². The molecule has 1 amide bonds. The number of aryl methyl sites for hydroxylation is 1. The molecule has 8 heteroatoms. The summed E-state index contributed by atoms with van der Waals surface area (Å²) in [5, 5.41) is 8.94. The van der Waals surface area contributed by atoms with Gasteiger partial charge in [0.25, 0.3) is 5.91 Å². The first-order valence-electron chi connectivity index (χ1n) is 7.34. The van der Waals surface area contributed by atoms with Crippen LogP contribution in [-0.2, 0) is 0 Å². The predicted octanol–water partition coefficient (Wildman–Crippen LogP) is 4.60. The summed E-state index contributed by atoms with van der Waals surface area (Å²) in [7, 11) is 0. The van der Waals surface area contributed by atoms with E-state index in [2.05, 4.69) is 31.9 Å². The molecule has 0 fully saturated rings. The van der Waals surface area contributed by atoms with E-state index in [-0.39, 0.29) is 5.91 Å². The van der Waals surface area contributed by atoms with Gasteiger partial charge in [-0.05, 0) is 49.5 Å². The molecule has 0 aliphatic heterocycles. The van der Waals surface area contributed by atoms with Gasteiger partial charge in [0.1, 0.15) is 11.0 Å². The number of alkyl halides is 2. The second kappa shape index (κ2) is 9.38. The van der Waals surface area contributed by atoms with Crippen LogP contribution in [0.3, 0.4) is 0 Å². The van der Waals surface area contributed by atoms with E-state index in [1.165, 1.54) is 0 Å². The van der Waals surface area contributed by atoms with Gasteiger partial charge in [-0.2, -0.15) is 0 Å². The van der Waals surface area contributed by atoms with Crippen molar-refractivity contribution < 1.29 is 4.79 Å². The number of nitrogens with one attached hydrogen (secondary N) is 3. The number of anilines is 1. The molecule has 2 rings (SSSR count). The summed E-state index contributed by atoms with van der Waals surface area (Å²) in [5.74, 6) is -0.297. The minimum Gasteiger partial charge on any atom is -0.340 e. The molecule has 3 N–H and O–H groups in total. The lowest BCUT2D eigenvalue weighted by atomic mass is 10.1. The normalized spacial score (nSPS) is 11.7. The molecule has 0 radical (unpaired) electrons. The van der Waals surface area contributed by atoms with Gasteiger partial charge in [-0.3, -0.25) is 4.79 Å². The van der Waals surface area contributed by atoms with E-state index in [1.807, 2.05) is 43.3 Å². The molecule has 0 heterocycles. The zero-order valence-corrected chi connectivity index (χ0v) is 17.1. The molecule has 2 aromatic rings. The Morgan fingerprint density at radius 3 is 2.40 bits per heavy atom. The van der Waals surface area contributed by atoms with Gasteiger partial charge in [0.05, 0.1) is 0 Å². The fourth-order valence-electron chi connectivity index (χ4n) is 1.97. The lowest BCUT2D eigenvalue weighted by molar-refractivity contribution is 0.0936. The summed E-state index contributed by atoms with van der Waals surface area (Å²) in [4.78, 5) is 11.4. The van der Waals surface area contributed by atoms with Crippen molar-refractivity contribution in [3.05, 3.63) is 64.1 Å². The summed E-state index contributed by atoms with van der Waals surface area (Å²) in [6, 6.07) is 14.7. The van der Waals surface area contributed by atoms with E-state index in [9.17, 15) is 4.79 Å². The highest BCUT2D eigenvalue weighted by molar-refractivity contribution is 9.10. The minimum atomic E-state index is -0.892. The number of thiocarbonyl (C=S) groups is 1. The summed E-state index contributed by atoms with van der Waals surface area (Å²) >= 11 is 20.6. The number of carbonyl (C=O) groups is 1. The number of benzene rings is 2. The number of carbonyl (C=O) groups excluding carboxylic acids is 1. The maximum absolute atomic E-state index is 12.3. The third-order valence-electron chi connectivity index (χ3n) is 3.22. The van der Waals surface area contributed by atoms with Crippen molar-refractivity contribution in [2.45, 2.75) is 17.9 Å². The van der Waals surface area contributed by atoms with Gasteiger partial charge >= 0.3 is 0 Å². The summed E-state index contributed by atoms with van der Waals surface area (Å²) in [6.07, 6.45) is -0.746. The molecular formula is C17H16BrCl2N3OS. The molecule has 0 saturated heterocycles. The standard InChI is InChI=1S/C17H16BrCl2N3OS/c1-10-5-7-11(8-6-10)16(24)22-15(14(19)20)23-17(25)21-13-4-2-3-12(18)9-13/h2-9,14-15H,1H3,(H,22,24)(H2,21,23,25). The molecular weight excluding hydrogens is 445 g/mol. The number of amides is 1. The summed E-state index contributed by atoms with van der Waals surface area (Å²) in [6.45, 7) is 1.95. The van der Waals surface area contributed by atoms with E-state index < -0.39 is 11.0 Å². The Morgan fingerprint density at radius 1 is 1.12 bits per heavy atom. The van der Waals surface area contributed by atoms with Crippen LogP contribution in [0.4, 0.5) is 5.69 Å². The molecule has 0 aromatic heterocycles. The Hall–Kier alpha value is -1.34. The first-order chi connectivity index (χ1) is 11.8. The van der Waals surface area contributed by atoms with Crippen LogP contribution in [-0.4, -0.2) is 22.0 Å². The maximum Gasteiger partial charge on any atom is 0.252 e. The molecule has 0 bridgehead atoms. The summed E-state index contributed by atoms with van der Waals surface area (Å²) < 4.78 is 0.914. The van der Waals surface area contributed by atoms with Crippen molar-refractivity contribution in [1.29, 1.82) is 0 Å². The Balaban J connectivity index is 1.99. The van der Waals surface area contributed by atoms with Crippen LogP contribution < -0.4 is 16.0 Å². The van der Waals surface area contributed by atoms with E-state index in [0.29, 0.717) is 10.7 Å². The quantitative estimate of drug-likeness (QED) is 0.346. The van der Waals surface area contributed by atoms with Crippen LogP contribution >= 0.6 is 51.3 Å². The first kappa shape index (κ1) is 20.0. The topological polar surface area (TPSA) is 53.2 Å². The van der Waals surface area contributed by atoms with Crippen LogP contribution in [0.25, 0.3) is 0 Å². The van der Waals surface area contributed by atoms with Crippen molar-refractivity contribution in [3.63, 3.8) is 0 Å². The third kappa shape index (κ3) is 6.47. The van der Waals surface area contributed by atoms with Crippen molar-refractivity contribution in [3.8, 4) is 0 Å². The van der Waals surface area contributed by atoms with Crippen molar-refractivity contribution in [1.82, 2.24) is 10.6 Å². The second-order valence-corrected chi connectivity index (χ2v) is 7.75. The average Bonchev–Trinajstić information content (AvgIpc) is 2.54. The van der Waals surface area contributed by atoms with E-state index >= 15 is 0 Å². The van der Waals surface area contributed by atoms with Crippen LogP contribution in [0.15, 0.2) is 53.0 Å². The van der Waals surface area contributed by atoms with Crippen LogP contribution in [0, 0.1) is 6.92 Å². The van der Waals surface area contributed by atoms with Gasteiger partial charge in [-0.1, -0.05) is 39.7 Å². The number of hydrogen-bond acceptors (Lipinski definition) is 2. The monoisotopic (exact) mass is 459 g/mol. The smallest absolute Gasteiger partial charge is 0.252 e. The molecule has 2 aromatic carbocycles. The fourth-order valence-corrected chi connectivity index (χ4v) is 2.86. The third-order valence-corrected chi connectivity index (χ3v) is 4.44. The van der Waals surface area contributed by atoms with Gasteiger partial charge in [-0.15, -0.1) is 23.2 Å². The molecule has 132 valence electrons. The van der Waals surface area contributed by atoms with Crippen LogP contribution in [0.2, 0.25) is 0 Å². The lowest BCUT2D eigenvalue weighted by Gasteiger charge is -2.23. The second-order valence-electron chi connectivity index (χ2n) is 5.26. The molecule has 25 heavy (non-hydrogen) atoms. The van der Waals surface area contributed by atoms with Crippen LogP contribution in [0.5, 0.6) is 0 Å². The SMILES string of the molecule is Cc1ccc(C(=O)NC(NC(=S)Nc2cccc(Br)c2)C(Cl)Cl)cc1. The predicted molar refractivity (Wildman–Crippen MR) is 111 cm³/mol. The molecule has 4 nitrogen and oxygen atoms in total.